The summed E-state index contributed by atoms with van der Waals surface area (Å²) in [5.41, 5.74) is 6.02. The Labute approximate surface area is 97.1 Å². The van der Waals surface area contributed by atoms with Crippen molar-refractivity contribution < 1.29 is 14.6 Å². The van der Waals surface area contributed by atoms with Crippen molar-refractivity contribution in [2.24, 2.45) is 5.73 Å². The number of hydrogen-bond donors (Lipinski definition) is 2. The van der Waals surface area contributed by atoms with Gasteiger partial charge in [0.05, 0.1) is 24.8 Å². The normalized spacial score (nSPS) is 12.3. The average Bonchev–Trinajstić information content (AvgIpc) is 2.26. The highest BCUT2D eigenvalue weighted by atomic mass is 79.9. The Balaban J connectivity index is 3.25. The van der Waals surface area contributed by atoms with E-state index in [-0.39, 0.29) is 6.54 Å². The van der Waals surface area contributed by atoms with Crippen molar-refractivity contribution in [1.29, 1.82) is 0 Å². The average molecular weight is 276 g/mol. The number of ether oxygens (including phenoxy) is 2. The van der Waals surface area contributed by atoms with Crippen molar-refractivity contribution in [1.82, 2.24) is 0 Å². The second-order valence-electron chi connectivity index (χ2n) is 2.98. The smallest absolute Gasteiger partial charge is 0.139 e. The maximum absolute atomic E-state index is 9.70. The summed E-state index contributed by atoms with van der Waals surface area (Å²) < 4.78 is 11.0. The second-order valence-corrected chi connectivity index (χ2v) is 3.84. The molecule has 5 heteroatoms. The van der Waals surface area contributed by atoms with E-state index in [2.05, 4.69) is 15.9 Å². The molecular formula is C10H14BrNO3. The molecule has 0 aromatic heterocycles. The van der Waals surface area contributed by atoms with Crippen LogP contribution in [0.2, 0.25) is 0 Å². The van der Waals surface area contributed by atoms with Crippen molar-refractivity contribution in [2.45, 2.75) is 6.10 Å². The van der Waals surface area contributed by atoms with Gasteiger partial charge in [-0.15, -0.1) is 0 Å². The van der Waals surface area contributed by atoms with Gasteiger partial charge in [-0.25, -0.2) is 0 Å². The van der Waals surface area contributed by atoms with E-state index < -0.39 is 6.10 Å². The largest absolute Gasteiger partial charge is 0.497 e. The van der Waals surface area contributed by atoms with Crippen LogP contribution in [0.5, 0.6) is 11.5 Å². The molecule has 0 fully saturated rings. The van der Waals surface area contributed by atoms with Gasteiger partial charge in [0.1, 0.15) is 11.5 Å². The fourth-order valence-electron chi connectivity index (χ4n) is 1.30. The number of aliphatic hydroxyl groups is 1. The first-order valence-electron chi connectivity index (χ1n) is 4.43. The van der Waals surface area contributed by atoms with Crippen LogP contribution in [0.3, 0.4) is 0 Å². The van der Waals surface area contributed by atoms with E-state index in [9.17, 15) is 5.11 Å². The monoisotopic (exact) mass is 275 g/mol. The minimum absolute atomic E-state index is 0.135. The summed E-state index contributed by atoms with van der Waals surface area (Å²) in [6.45, 7) is 0.135. The minimum atomic E-state index is -0.758. The molecule has 3 N–H and O–H groups in total. The molecule has 0 radical (unpaired) electrons. The molecule has 15 heavy (non-hydrogen) atoms. The molecule has 0 aliphatic rings. The third-order valence-electron chi connectivity index (χ3n) is 2.07. The first-order valence-corrected chi connectivity index (χ1v) is 5.22. The van der Waals surface area contributed by atoms with E-state index in [1.54, 1.807) is 26.4 Å². The van der Waals surface area contributed by atoms with Gasteiger partial charge in [0.15, 0.2) is 0 Å². The summed E-state index contributed by atoms with van der Waals surface area (Å²) in [7, 11) is 3.10. The molecule has 0 saturated carbocycles. The Bertz CT molecular complexity index is 344. The van der Waals surface area contributed by atoms with Crippen LogP contribution in [0.4, 0.5) is 0 Å². The second kappa shape index (κ2) is 5.34. The van der Waals surface area contributed by atoms with Crippen molar-refractivity contribution in [3.8, 4) is 11.5 Å². The van der Waals surface area contributed by atoms with Crippen LogP contribution in [-0.2, 0) is 0 Å². The number of benzene rings is 1. The lowest BCUT2D eigenvalue weighted by Crippen LogP contribution is -2.13. The SMILES string of the molecule is COc1cc(Br)c(OC)c(C(O)CN)c1. The third kappa shape index (κ3) is 2.62. The van der Waals surface area contributed by atoms with E-state index in [4.69, 9.17) is 15.2 Å². The Morgan fingerprint density at radius 1 is 1.40 bits per heavy atom. The van der Waals surface area contributed by atoms with Gasteiger partial charge in [-0.2, -0.15) is 0 Å². The molecule has 1 unspecified atom stereocenters. The van der Waals surface area contributed by atoms with Gasteiger partial charge >= 0.3 is 0 Å². The standard InChI is InChI=1S/C10H14BrNO3/c1-14-6-3-7(9(13)5-12)10(15-2)8(11)4-6/h3-4,9,13H,5,12H2,1-2H3. The Hall–Kier alpha value is -0.780. The number of halogens is 1. The molecule has 0 bridgehead atoms. The van der Waals surface area contributed by atoms with Crippen LogP contribution in [0.1, 0.15) is 11.7 Å². The van der Waals surface area contributed by atoms with Crippen LogP contribution >= 0.6 is 15.9 Å². The first kappa shape index (κ1) is 12.3. The lowest BCUT2D eigenvalue weighted by atomic mass is 10.1. The predicted molar refractivity (Wildman–Crippen MR) is 61.3 cm³/mol. The minimum Gasteiger partial charge on any atom is -0.497 e. The zero-order valence-electron chi connectivity index (χ0n) is 8.66. The molecule has 1 rings (SSSR count). The summed E-state index contributed by atoms with van der Waals surface area (Å²) >= 11 is 3.34. The number of nitrogens with two attached hydrogens (primary N) is 1. The maximum Gasteiger partial charge on any atom is 0.139 e. The van der Waals surface area contributed by atoms with Crippen LogP contribution in [0.15, 0.2) is 16.6 Å². The molecular weight excluding hydrogens is 262 g/mol. The number of hydrogen-bond acceptors (Lipinski definition) is 4. The Kier molecular flexibility index (Phi) is 4.38. The zero-order valence-corrected chi connectivity index (χ0v) is 10.2. The Morgan fingerprint density at radius 2 is 2.07 bits per heavy atom. The Morgan fingerprint density at radius 3 is 2.53 bits per heavy atom. The third-order valence-corrected chi connectivity index (χ3v) is 2.66. The topological polar surface area (TPSA) is 64.7 Å². The molecule has 4 nitrogen and oxygen atoms in total. The predicted octanol–water partition coefficient (Wildman–Crippen LogP) is 1.46. The molecule has 0 spiro atoms. The van der Waals surface area contributed by atoms with Crippen LogP contribution < -0.4 is 15.2 Å². The molecule has 1 aromatic rings. The van der Waals surface area contributed by atoms with Gasteiger partial charge in [-0.1, -0.05) is 0 Å². The lowest BCUT2D eigenvalue weighted by Gasteiger charge is -2.15. The van der Waals surface area contributed by atoms with Crippen LogP contribution in [0, 0.1) is 0 Å². The number of rotatable bonds is 4. The fraction of sp³-hybridized carbons (Fsp3) is 0.400. The van der Waals surface area contributed by atoms with Crippen molar-refractivity contribution in [3.05, 3.63) is 22.2 Å². The molecule has 84 valence electrons. The molecule has 0 aliphatic heterocycles. The summed E-state index contributed by atoms with van der Waals surface area (Å²) in [5.74, 6) is 1.22. The van der Waals surface area contributed by atoms with E-state index in [0.29, 0.717) is 17.1 Å². The lowest BCUT2D eigenvalue weighted by molar-refractivity contribution is 0.181. The van der Waals surface area contributed by atoms with Gasteiger partial charge in [0, 0.05) is 12.1 Å². The van der Waals surface area contributed by atoms with E-state index in [1.807, 2.05) is 0 Å². The number of methoxy groups -OCH3 is 2. The van der Waals surface area contributed by atoms with Crippen molar-refractivity contribution in [2.75, 3.05) is 20.8 Å². The summed E-state index contributed by atoms with van der Waals surface area (Å²) in [6.07, 6.45) is -0.758. The van der Waals surface area contributed by atoms with E-state index in [0.717, 1.165) is 4.47 Å². The fourth-order valence-corrected chi connectivity index (χ4v) is 1.91. The van der Waals surface area contributed by atoms with E-state index >= 15 is 0 Å². The van der Waals surface area contributed by atoms with Crippen LogP contribution in [-0.4, -0.2) is 25.9 Å². The first-order chi connectivity index (χ1) is 7.13. The zero-order chi connectivity index (χ0) is 11.4. The highest BCUT2D eigenvalue weighted by Crippen LogP contribution is 2.36. The van der Waals surface area contributed by atoms with Gasteiger partial charge in [0.25, 0.3) is 0 Å². The van der Waals surface area contributed by atoms with Crippen molar-refractivity contribution in [3.63, 3.8) is 0 Å². The highest BCUT2D eigenvalue weighted by molar-refractivity contribution is 9.10. The molecule has 0 amide bonds. The van der Waals surface area contributed by atoms with Gasteiger partial charge in [-0.3, -0.25) is 0 Å². The summed E-state index contributed by atoms with van der Waals surface area (Å²) in [6, 6.07) is 3.48. The van der Waals surface area contributed by atoms with Gasteiger partial charge in [-0.05, 0) is 28.1 Å². The summed E-state index contributed by atoms with van der Waals surface area (Å²) in [5, 5.41) is 9.70. The number of aliphatic hydroxyl groups excluding tert-OH is 1. The molecule has 0 aliphatic carbocycles. The molecule has 0 heterocycles. The molecule has 0 saturated heterocycles. The van der Waals surface area contributed by atoms with E-state index in [1.165, 1.54) is 0 Å². The van der Waals surface area contributed by atoms with Gasteiger partial charge in [0.2, 0.25) is 0 Å². The quantitative estimate of drug-likeness (QED) is 0.873. The van der Waals surface area contributed by atoms with Crippen molar-refractivity contribution >= 4 is 15.9 Å². The molecule has 1 atom stereocenters. The van der Waals surface area contributed by atoms with Crippen LogP contribution in [0.25, 0.3) is 0 Å². The summed E-state index contributed by atoms with van der Waals surface area (Å²) in [4.78, 5) is 0. The maximum atomic E-state index is 9.70. The highest BCUT2D eigenvalue weighted by Gasteiger charge is 2.16. The molecule has 1 aromatic carbocycles. The van der Waals surface area contributed by atoms with Gasteiger partial charge < -0.3 is 20.3 Å².